The predicted molar refractivity (Wildman–Crippen MR) is 84.1 cm³/mol. The largest absolute Gasteiger partial charge is 0.383 e. The zero-order valence-electron chi connectivity index (χ0n) is 11.7. The van der Waals surface area contributed by atoms with Crippen molar-refractivity contribution in [3.63, 3.8) is 0 Å². The van der Waals surface area contributed by atoms with E-state index >= 15 is 0 Å². The third-order valence-electron chi connectivity index (χ3n) is 2.90. The Labute approximate surface area is 128 Å². The van der Waals surface area contributed by atoms with E-state index in [1.165, 1.54) is 0 Å². The van der Waals surface area contributed by atoms with Gasteiger partial charge in [0.15, 0.2) is 5.76 Å². The van der Waals surface area contributed by atoms with E-state index in [1.54, 1.807) is 12.1 Å². The van der Waals surface area contributed by atoms with E-state index in [0.717, 1.165) is 23.3 Å². The van der Waals surface area contributed by atoms with Crippen molar-refractivity contribution < 1.29 is 4.52 Å². The van der Waals surface area contributed by atoms with Gasteiger partial charge in [-0.25, -0.2) is 0 Å². The number of halogens is 2. The van der Waals surface area contributed by atoms with Crippen LogP contribution >= 0.6 is 23.2 Å². The number of hydrogen-bond acceptors (Lipinski definition) is 3. The van der Waals surface area contributed by atoms with Crippen molar-refractivity contribution >= 4 is 29.3 Å². The Morgan fingerprint density at radius 1 is 1.25 bits per heavy atom. The molecule has 2 rings (SSSR count). The second-order valence-corrected chi connectivity index (χ2v) is 5.42. The highest BCUT2D eigenvalue weighted by Gasteiger charge is 2.19. The SMILES string of the molecule is CCc1c(-c2c(Cl)cccc2Cl)noc1/C=C/N(C)C. The Kier molecular flexibility index (Phi) is 4.73. The van der Waals surface area contributed by atoms with E-state index in [2.05, 4.69) is 5.16 Å². The minimum atomic E-state index is 0.573. The molecular weight excluding hydrogens is 295 g/mol. The maximum atomic E-state index is 6.24. The first kappa shape index (κ1) is 14.9. The van der Waals surface area contributed by atoms with Gasteiger partial charge in [0.2, 0.25) is 0 Å². The lowest BCUT2D eigenvalue weighted by atomic mass is 10.0. The summed E-state index contributed by atoms with van der Waals surface area (Å²) in [5.41, 5.74) is 2.43. The molecule has 5 heteroatoms. The van der Waals surface area contributed by atoms with E-state index < -0.39 is 0 Å². The Bertz CT molecular complexity index is 613. The van der Waals surface area contributed by atoms with Gasteiger partial charge in [-0.2, -0.15) is 0 Å². The van der Waals surface area contributed by atoms with E-state index in [9.17, 15) is 0 Å². The number of rotatable bonds is 4. The molecule has 0 saturated heterocycles. The van der Waals surface area contributed by atoms with Gasteiger partial charge in [-0.3, -0.25) is 0 Å². The van der Waals surface area contributed by atoms with Crippen LogP contribution in [0.1, 0.15) is 18.2 Å². The van der Waals surface area contributed by atoms with Crippen LogP contribution in [0.15, 0.2) is 28.9 Å². The molecule has 0 bridgehead atoms. The highest BCUT2D eigenvalue weighted by molar-refractivity contribution is 6.39. The van der Waals surface area contributed by atoms with Crippen molar-refractivity contribution in [1.29, 1.82) is 0 Å². The molecule has 1 heterocycles. The summed E-state index contributed by atoms with van der Waals surface area (Å²) in [7, 11) is 3.90. The van der Waals surface area contributed by atoms with Crippen molar-refractivity contribution in [2.24, 2.45) is 0 Å². The number of hydrogen-bond donors (Lipinski definition) is 0. The Morgan fingerprint density at radius 3 is 2.45 bits per heavy atom. The van der Waals surface area contributed by atoms with Gasteiger partial charge >= 0.3 is 0 Å². The molecule has 0 amide bonds. The molecule has 1 aromatic carbocycles. The first-order chi connectivity index (χ1) is 9.54. The first-order valence-corrected chi connectivity index (χ1v) is 7.07. The molecule has 0 unspecified atom stereocenters. The molecule has 2 aromatic rings. The van der Waals surface area contributed by atoms with Crippen molar-refractivity contribution in [3.05, 3.63) is 45.8 Å². The van der Waals surface area contributed by atoms with E-state index in [0.29, 0.717) is 15.7 Å². The van der Waals surface area contributed by atoms with Crippen molar-refractivity contribution in [3.8, 4) is 11.3 Å². The van der Waals surface area contributed by atoms with Gasteiger partial charge in [0.05, 0.1) is 10.0 Å². The third-order valence-corrected chi connectivity index (χ3v) is 3.53. The number of aromatic nitrogens is 1. The second kappa shape index (κ2) is 6.33. The minimum absolute atomic E-state index is 0.573. The zero-order chi connectivity index (χ0) is 14.7. The summed E-state index contributed by atoms with van der Waals surface area (Å²) in [6.07, 6.45) is 4.59. The molecule has 0 fully saturated rings. The van der Waals surface area contributed by atoms with Crippen LogP contribution in [0.5, 0.6) is 0 Å². The van der Waals surface area contributed by atoms with Gasteiger partial charge < -0.3 is 9.42 Å². The van der Waals surface area contributed by atoms with Gasteiger partial charge in [-0.15, -0.1) is 0 Å². The molecule has 106 valence electrons. The van der Waals surface area contributed by atoms with Crippen LogP contribution in [-0.2, 0) is 6.42 Å². The fourth-order valence-corrected chi connectivity index (χ4v) is 2.51. The summed E-state index contributed by atoms with van der Waals surface area (Å²) < 4.78 is 5.42. The molecule has 0 atom stereocenters. The highest BCUT2D eigenvalue weighted by atomic mass is 35.5. The summed E-state index contributed by atoms with van der Waals surface area (Å²) in [6, 6.07) is 5.41. The van der Waals surface area contributed by atoms with E-state index in [1.807, 2.05) is 44.3 Å². The standard InChI is InChI=1S/C15H16Cl2N2O/c1-4-10-13(8-9-19(2)3)20-18-15(10)14-11(16)6-5-7-12(14)17/h5-9H,4H2,1-3H3/b9-8+. The van der Waals surface area contributed by atoms with Crippen LogP contribution in [0.2, 0.25) is 10.0 Å². The predicted octanol–water partition coefficient (Wildman–Crippen LogP) is 4.74. The average molecular weight is 311 g/mol. The van der Waals surface area contributed by atoms with Crippen LogP contribution in [0, 0.1) is 0 Å². The zero-order valence-corrected chi connectivity index (χ0v) is 13.2. The Hall–Kier alpha value is -1.45. The van der Waals surface area contributed by atoms with Crippen LogP contribution in [0.4, 0.5) is 0 Å². The molecule has 1 aromatic heterocycles. The maximum absolute atomic E-state index is 6.24. The van der Waals surface area contributed by atoms with Gasteiger partial charge in [-0.05, 0) is 24.6 Å². The van der Waals surface area contributed by atoms with Crippen LogP contribution in [0.3, 0.4) is 0 Å². The lowest BCUT2D eigenvalue weighted by Crippen LogP contribution is -1.99. The minimum Gasteiger partial charge on any atom is -0.383 e. The number of nitrogens with zero attached hydrogens (tertiary/aromatic N) is 2. The molecule has 0 saturated carbocycles. The molecule has 0 spiro atoms. The molecule has 0 aliphatic heterocycles. The molecule has 0 aliphatic carbocycles. The molecule has 0 radical (unpaired) electrons. The second-order valence-electron chi connectivity index (χ2n) is 4.60. The quantitative estimate of drug-likeness (QED) is 0.816. The average Bonchev–Trinajstić information content (AvgIpc) is 2.79. The summed E-state index contributed by atoms with van der Waals surface area (Å²) in [6.45, 7) is 2.05. The molecule has 20 heavy (non-hydrogen) atoms. The van der Waals surface area contributed by atoms with Crippen LogP contribution in [-0.4, -0.2) is 24.2 Å². The summed E-state index contributed by atoms with van der Waals surface area (Å²) in [5, 5.41) is 5.29. The lowest BCUT2D eigenvalue weighted by molar-refractivity contribution is 0.413. The van der Waals surface area contributed by atoms with Crippen LogP contribution < -0.4 is 0 Å². The monoisotopic (exact) mass is 310 g/mol. The normalized spacial score (nSPS) is 11.2. The van der Waals surface area contributed by atoms with E-state index in [-0.39, 0.29) is 0 Å². The van der Waals surface area contributed by atoms with Gasteiger partial charge in [0.25, 0.3) is 0 Å². The van der Waals surface area contributed by atoms with Gasteiger partial charge in [0, 0.05) is 31.4 Å². The van der Waals surface area contributed by atoms with Gasteiger partial charge in [0.1, 0.15) is 5.69 Å². The fourth-order valence-electron chi connectivity index (χ4n) is 1.93. The molecule has 3 nitrogen and oxygen atoms in total. The number of benzene rings is 1. The maximum Gasteiger partial charge on any atom is 0.164 e. The lowest BCUT2D eigenvalue weighted by Gasteiger charge is -2.05. The fraction of sp³-hybridized carbons (Fsp3) is 0.267. The summed E-state index contributed by atoms with van der Waals surface area (Å²) in [5.74, 6) is 0.729. The molecule has 0 N–H and O–H groups in total. The first-order valence-electron chi connectivity index (χ1n) is 6.32. The summed E-state index contributed by atoms with van der Waals surface area (Å²) >= 11 is 12.5. The van der Waals surface area contributed by atoms with Crippen LogP contribution in [0.25, 0.3) is 17.3 Å². The smallest absolute Gasteiger partial charge is 0.164 e. The Morgan fingerprint density at radius 2 is 1.90 bits per heavy atom. The van der Waals surface area contributed by atoms with Gasteiger partial charge in [-0.1, -0.05) is 41.3 Å². The Balaban J connectivity index is 2.53. The van der Waals surface area contributed by atoms with Crippen molar-refractivity contribution in [2.75, 3.05) is 14.1 Å². The summed E-state index contributed by atoms with van der Waals surface area (Å²) in [4.78, 5) is 1.93. The third kappa shape index (κ3) is 3.00. The van der Waals surface area contributed by atoms with Crippen molar-refractivity contribution in [1.82, 2.24) is 10.1 Å². The topological polar surface area (TPSA) is 29.3 Å². The highest BCUT2D eigenvalue weighted by Crippen LogP contribution is 2.37. The van der Waals surface area contributed by atoms with E-state index in [4.69, 9.17) is 27.7 Å². The molecular formula is C15H16Cl2N2O. The van der Waals surface area contributed by atoms with Crippen molar-refractivity contribution in [2.45, 2.75) is 13.3 Å². The molecule has 0 aliphatic rings.